The molecule has 0 atom stereocenters. The average Bonchev–Trinajstić information content (AvgIpc) is 3.27. The molecule has 1 aromatic carbocycles. The maximum atomic E-state index is 12.9. The van der Waals surface area contributed by atoms with Crippen molar-refractivity contribution in [3.8, 4) is 5.88 Å². The van der Waals surface area contributed by atoms with Crippen molar-refractivity contribution in [1.82, 2.24) is 24.6 Å². The van der Waals surface area contributed by atoms with E-state index in [1.807, 2.05) is 66.0 Å². The molecule has 3 heterocycles. The number of aryl methyl sites for hydroxylation is 1. The van der Waals surface area contributed by atoms with Gasteiger partial charge in [0, 0.05) is 55.9 Å². The Labute approximate surface area is 176 Å². The van der Waals surface area contributed by atoms with Gasteiger partial charge in [-0.25, -0.2) is 4.98 Å². The molecular formula is C22H26N6O2. The summed E-state index contributed by atoms with van der Waals surface area (Å²) in [5, 5.41) is 4.21. The highest BCUT2D eigenvalue weighted by atomic mass is 16.5. The molecule has 8 heteroatoms. The van der Waals surface area contributed by atoms with Crippen LogP contribution in [0.3, 0.4) is 0 Å². The van der Waals surface area contributed by atoms with Crippen LogP contribution in [0.5, 0.6) is 5.88 Å². The summed E-state index contributed by atoms with van der Waals surface area (Å²) in [6, 6.07) is 11.5. The molecule has 1 fully saturated rings. The highest BCUT2D eigenvalue weighted by Gasteiger charge is 2.24. The Kier molecular flexibility index (Phi) is 5.92. The van der Waals surface area contributed by atoms with Crippen LogP contribution in [0, 0.1) is 6.92 Å². The fourth-order valence-electron chi connectivity index (χ4n) is 3.51. The van der Waals surface area contributed by atoms with Gasteiger partial charge >= 0.3 is 0 Å². The minimum atomic E-state index is 0.0560. The third-order valence-electron chi connectivity index (χ3n) is 5.07. The maximum absolute atomic E-state index is 12.9. The minimum absolute atomic E-state index is 0.0560. The van der Waals surface area contributed by atoms with Gasteiger partial charge in [-0.05, 0) is 37.6 Å². The van der Waals surface area contributed by atoms with E-state index in [-0.39, 0.29) is 5.91 Å². The monoisotopic (exact) mass is 406 g/mol. The Balaban J connectivity index is 1.36. The summed E-state index contributed by atoms with van der Waals surface area (Å²) in [5.74, 6) is 1.31. The molecule has 1 saturated heterocycles. The summed E-state index contributed by atoms with van der Waals surface area (Å²) < 4.78 is 7.39. The van der Waals surface area contributed by atoms with Gasteiger partial charge in [0.2, 0.25) is 11.8 Å². The Morgan fingerprint density at radius 3 is 2.53 bits per heavy atom. The van der Waals surface area contributed by atoms with Crippen LogP contribution >= 0.6 is 0 Å². The van der Waals surface area contributed by atoms with E-state index < -0.39 is 0 Å². The molecule has 4 rings (SSSR count). The maximum Gasteiger partial charge on any atom is 0.253 e. The minimum Gasteiger partial charge on any atom is -0.478 e. The molecule has 2 aromatic heterocycles. The van der Waals surface area contributed by atoms with E-state index in [4.69, 9.17) is 4.74 Å². The molecule has 0 spiro atoms. The second-order valence-electron chi connectivity index (χ2n) is 7.26. The van der Waals surface area contributed by atoms with Crippen molar-refractivity contribution in [3.63, 3.8) is 0 Å². The second-order valence-corrected chi connectivity index (χ2v) is 7.26. The zero-order chi connectivity index (χ0) is 20.9. The average molecular weight is 406 g/mol. The molecule has 1 aliphatic heterocycles. The number of hydrogen-bond donors (Lipinski definition) is 0. The summed E-state index contributed by atoms with van der Waals surface area (Å²) in [6.45, 7) is 7.79. The number of carbonyl (C=O) groups is 1. The van der Waals surface area contributed by atoms with E-state index in [0.29, 0.717) is 56.7 Å². The number of piperazine rings is 1. The van der Waals surface area contributed by atoms with Crippen LogP contribution in [0.4, 0.5) is 5.95 Å². The van der Waals surface area contributed by atoms with Crippen molar-refractivity contribution in [1.29, 1.82) is 0 Å². The van der Waals surface area contributed by atoms with E-state index in [1.54, 1.807) is 6.20 Å². The summed E-state index contributed by atoms with van der Waals surface area (Å²) in [6.07, 6.45) is 3.69. The molecule has 1 aliphatic rings. The zero-order valence-corrected chi connectivity index (χ0v) is 17.4. The van der Waals surface area contributed by atoms with Crippen LogP contribution in [0.25, 0.3) is 0 Å². The van der Waals surface area contributed by atoms with Crippen LogP contribution < -0.4 is 9.64 Å². The van der Waals surface area contributed by atoms with Crippen LogP contribution in [0.15, 0.2) is 48.8 Å². The molecule has 0 aliphatic carbocycles. The Bertz CT molecular complexity index is 979. The number of aromatic nitrogens is 4. The number of ether oxygens (including phenoxy) is 1. The number of nitrogens with zero attached hydrogens (tertiary/aromatic N) is 6. The zero-order valence-electron chi connectivity index (χ0n) is 17.4. The SMILES string of the molecule is CCOc1cc(C)nc(N2CCN(C(=O)c3ccc(Cn4cccn4)cc3)CC2)n1. The molecule has 8 nitrogen and oxygen atoms in total. The van der Waals surface area contributed by atoms with Gasteiger partial charge in [0.05, 0.1) is 13.2 Å². The first-order valence-electron chi connectivity index (χ1n) is 10.2. The first-order valence-corrected chi connectivity index (χ1v) is 10.2. The molecule has 1 amide bonds. The fourth-order valence-corrected chi connectivity index (χ4v) is 3.51. The molecule has 156 valence electrons. The fraction of sp³-hybridized carbons (Fsp3) is 0.364. The number of hydrogen-bond acceptors (Lipinski definition) is 6. The standard InChI is InChI=1S/C22H26N6O2/c1-3-30-20-15-17(2)24-22(25-20)27-13-11-26(12-14-27)21(29)19-7-5-18(6-8-19)16-28-10-4-9-23-28/h4-10,15H,3,11-14,16H2,1-2H3. The molecule has 0 saturated carbocycles. The lowest BCUT2D eigenvalue weighted by molar-refractivity contribution is 0.0746. The number of amides is 1. The smallest absolute Gasteiger partial charge is 0.253 e. The van der Waals surface area contributed by atoms with Gasteiger partial charge in [-0.2, -0.15) is 10.1 Å². The third kappa shape index (κ3) is 4.59. The molecule has 0 bridgehead atoms. The summed E-state index contributed by atoms with van der Waals surface area (Å²) in [7, 11) is 0. The molecule has 0 radical (unpaired) electrons. The van der Waals surface area contributed by atoms with Crippen LogP contribution in [-0.4, -0.2) is 63.3 Å². The predicted octanol–water partition coefficient (Wildman–Crippen LogP) is 2.39. The molecule has 3 aromatic rings. The Morgan fingerprint density at radius 1 is 1.10 bits per heavy atom. The summed E-state index contributed by atoms with van der Waals surface area (Å²) in [5.41, 5.74) is 2.69. The topological polar surface area (TPSA) is 76.4 Å². The highest BCUT2D eigenvalue weighted by Crippen LogP contribution is 2.18. The summed E-state index contributed by atoms with van der Waals surface area (Å²) in [4.78, 5) is 25.9. The van der Waals surface area contributed by atoms with Crippen molar-refractivity contribution in [2.45, 2.75) is 20.4 Å². The largest absolute Gasteiger partial charge is 0.478 e. The van der Waals surface area contributed by atoms with Crippen molar-refractivity contribution in [3.05, 3.63) is 65.6 Å². The van der Waals surface area contributed by atoms with Crippen LogP contribution in [0.1, 0.15) is 28.5 Å². The highest BCUT2D eigenvalue weighted by molar-refractivity contribution is 5.94. The Hall–Kier alpha value is -3.42. The number of rotatable bonds is 6. The number of carbonyl (C=O) groups excluding carboxylic acids is 1. The van der Waals surface area contributed by atoms with Crippen LogP contribution in [0.2, 0.25) is 0 Å². The van der Waals surface area contributed by atoms with Crippen molar-refractivity contribution in [2.24, 2.45) is 0 Å². The quantitative estimate of drug-likeness (QED) is 0.626. The third-order valence-corrected chi connectivity index (χ3v) is 5.07. The molecule has 0 unspecified atom stereocenters. The lowest BCUT2D eigenvalue weighted by Gasteiger charge is -2.35. The summed E-state index contributed by atoms with van der Waals surface area (Å²) >= 11 is 0. The lowest BCUT2D eigenvalue weighted by atomic mass is 10.1. The van der Waals surface area contributed by atoms with Crippen molar-refractivity contribution < 1.29 is 9.53 Å². The van der Waals surface area contributed by atoms with E-state index >= 15 is 0 Å². The first kappa shape index (κ1) is 19.9. The normalized spacial score (nSPS) is 14.1. The van der Waals surface area contributed by atoms with Crippen molar-refractivity contribution >= 4 is 11.9 Å². The van der Waals surface area contributed by atoms with Gasteiger partial charge < -0.3 is 14.5 Å². The van der Waals surface area contributed by atoms with E-state index in [1.165, 1.54) is 0 Å². The van der Waals surface area contributed by atoms with Gasteiger partial charge in [-0.15, -0.1) is 0 Å². The van der Waals surface area contributed by atoms with Gasteiger partial charge in [-0.3, -0.25) is 9.48 Å². The van der Waals surface area contributed by atoms with E-state index in [9.17, 15) is 4.79 Å². The lowest BCUT2D eigenvalue weighted by Crippen LogP contribution is -2.49. The van der Waals surface area contributed by atoms with Gasteiger partial charge in [0.15, 0.2) is 0 Å². The molecule has 0 N–H and O–H groups in total. The van der Waals surface area contributed by atoms with Gasteiger partial charge in [-0.1, -0.05) is 12.1 Å². The predicted molar refractivity (Wildman–Crippen MR) is 114 cm³/mol. The first-order chi connectivity index (χ1) is 14.6. The Morgan fingerprint density at radius 2 is 1.87 bits per heavy atom. The molecule has 30 heavy (non-hydrogen) atoms. The van der Waals surface area contributed by atoms with Gasteiger partial charge in [0.1, 0.15) is 0 Å². The van der Waals surface area contributed by atoms with Gasteiger partial charge in [0.25, 0.3) is 5.91 Å². The van der Waals surface area contributed by atoms with Crippen molar-refractivity contribution in [2.75, 3.05) is 37.7 Å². The van der Waals surface area contributed by atoms with E-state index in [2.05, 4.69) is 20.0 Å². The number of anilines is 1. The second kappa shape index (κ2) is 8.94. The molecular weight excluding hydrogens is 380 g/mol. The van der Waals surface area contributed by atoms with Crippen LogP contribution in [-0.2, 0) is 6.54 Å². The number of benzene rings is 1. The van der Waals surface area contributed by atoms with E-state index in [0.717, 1.165) is 11.3 Å².